The molecule has 0 bridgehead atoms. The van der Waals surface area contributed by atoms with Gasteiger partial charge in [-0.05, 0) is 61.3 Å². The predicted molar refractivity (Wildman–Crippen MR) is 274 cm³/mol. The Morgan fingerprint density at radius 1 is 0.904 bits per heavy atom. The summed E-state index contributed by atoms with van der Waals surface area (Å²) < 4.78 is 7.40. The number of carbonyl (C=O) groups excluding carboxylic acids is 6. The number of hydrogen-bond acceptors (Lipinski definition) is 15. The third kappa shape index (κ3) is 14.2. The van der Waals surface area contributed by atoms with E-state index in [1.807, 2.05) is 57.5 Å². The van der Waals surface area contributed by atoms with E-state index >= 15 is 0 Å². The van der Waals surface area contributed by atoms with Crippen LogP contribution in [0.1, 0.15) is 100 Å². The van der Waals surface area contributed by atoms with Crippen LogP contribution in [-0.4, -0.2) is 121 Å². The maximum Gasteiger partial charge on any atom is 0.273 e. The smallest absolute Gasteiger partial charge is 0.273 e. The number of aromatic nitrogens is 6. The Labute approximate surface area is 428 Å². The minimum atomic E-state index is -0.919. The molecule has 6 amide bonds. The number of carbonyl (C=O) groups is 6. The van der Waals surface area contributed by atoms with Gasteiger partial charge in [0.1, 0.15) is 18.4 Å². The van der Waals surface area contributed by atoms with Gasteiger partial charge in [-0.1, -0.05) is 63.9 Å². The van der Waals surface area contributed by atoms with Gasteiger partial charge in [-0.15, -0.1) is 21.5 Å². The number of methoxy groups -OCH3 is 1. The molecule has 2 aliphatic rings. The highest BCUT2D eigenvalue weighted by Crippen LogP contribution is 2.38. The summed E-state index contributed by atoms with van der Waals surface area (Å²) in [6, 6.07) is 12.9. The number of likely N-dealkylation sites (tertiary alicyclic amines) is 1. The number of β-amino-alcohol motifs (C(OH)–C–C–N with tert-alkyl or cyclic N) is 1. The largest absolute Gasteiger partial charge is 0.494 e. The van der Waals surface area contributed by atoms with Crippen molar-refractivity contribution in [3.8, 4) is 27.6 Å². The molecule has 1 aliphatic heterocycles. The molecule has 22 heteroatoms. The molecular weight excluding hydrogens is 955 g/mol. The number of aliphatic hydroxyl groups is 1. The number of ether oxygens (including phenoxy) is 1. The Hall–Kier alpha value is -7.33. The number of anilines is 3. The lowest BCUT2D eigenvalue weighted by atomic mass is 9.85. The first-order chi connectivity index (χ1) is 35.0. The van der Waals surface area contributed by atoms with E-state index < -0.39 is 35.4 Å². The fourth-order valence-electron chi connectivity index (χ4n) is 8.45. The maximum absolute atomic E-state index is 14.0. The SMILES string of the molecule is CNC(=O)c1nnc(NC(=O)C2CC2)cc1Nc1cccc(-c2ncn(CCNC(=O)CCCCCCC(=O)N[C@H](C(=O)N3C[C@H](O)C[C@H]3C(=O)NCc3ccc(-c4scnc4C)cc3)C(C)(C)C)n2)c1OC. The molecule has 1 saturated carbocycles. The van der Waals surface area contributed by atoms with E-state index in [0.717, 1.165) is 41.0 Å². The Kier molecular flexibility index (Phi) is 17.9. The molecule has 7 rings (SSSR count). The second-order valence-corrected chi connectivity index (χ2v) is 20.2. The molecule has 4 heterocycles. The van der Waals surface area contributed by atoms with Gasteiger partial charge in [-0.2, -0.15) is 5.10 Å². The number of thiazole rings is 1. The Morgan fingerprint density at radius 3 is 2.32 bits per heavy atom. The first kappa shape index (κ1) is 53.5. The number of nitrogens with zero attached hydrogens (tertiary/aromatic N) is 7. The molecule has 1 aliphatic carbocycles. The monoisotopic (exact) mass is 1020 g/mol. The van der Waals surface area contributed by atoms with E-state index in [4.69, 9.17) is 4.74 Å². The molecule has 0 spiro atoms. The van der Waals surface area contributed by atoms with Crippen molar-refractivity contribution < 1.29 is 38.6 Å². The third-order valence-electron chi connectivity index (χ3n) is 12.6. The number of nitrogens with one attached hydrogen (secondary N) is 6. The first-order valence-electron chi connectivity index (χ1n) is 24.6. The van der Waals surface area contributed by atoms with Gasteiger partial charge < -0.3 is 46.6 Å². The quantitative estimate of drug-likeness (QED) is 0.0430. The van der Waals surface area contributed by atoms with Crippen LogP contribution >= 0.6 is 11.3 Å². The van der Waals surface area contributed by atoms with Gasteiger partial charge in [0, 0.05) is 57.9 Å². The zero-order valence-corrected chi connectivity index (χ0v) is 42.9. The van der Waals surface area contributed by atoms with E-state index in [1.54, 1.807) is 46.6 Å². The van der Waals surface area contributed by atoms with E-state index in [-0.39, 0.29) is 67.0 Å². The Bertz CT molecular complexity index is 2770. The van der Waals surface area contributed by atoms with Crippen molar-refractivity contribution >= 4 is 64.0 Å². The summed E-state index contributed by atoms with van der Waals surface area (Å²) in [6.07, 6.45) is 5.55. The van der Waals surface area contributed by atoms with Crippen LogP contribution < -0.4 is 36.6 Å². The number of benzene rings is 2. The van der Waals surface area contributed by atoms with Gasteiger partial charge >= 0.3 is 0 Å². The topological polar surface area (TPSA) is 277 Å². The van der Waals surface area contributed by atoms with Crippen molar-refractivity contribution in [2.24, 2.45) is 11.3 Å². The molecule has 0 unspecified atom stereocenters. The Morgan fingerprint density at radius 2 is 1.64 bits per heavy atom. The van der Waals surface area contributed by atoms with Crippen LogP contribution in [0.25, 0.3) is 21.8 Å². The van der Waals surface area contributed by atoms with E-state index in [9.17, 15) is 33.9 Å². The maximum atomic E-state index is 14.0. The lowest BCUT2D eigenvalue weighted by Crippen LogP contribution is -2.57. The molecule has 7 N–H and O–H groups in total. The van der Waals surface area contributed by atoms with Crippen molar-refractivity contribution in [1.82, 2.24) is 56.1 Å². The number of aliphatic hydroxyl groups excluding tert-OH is 1. The average Bonchev–Trinajstić information content (AvgIpc) is 3.76. The van der Waals surface area contributed by atoms with Crippen LogP contribution in [0.4, 0.5) is 17.2 Å². The molecule has 73 heavy (non-hydrogen) atoms. The Balaban J connectivity index is 0.819. The molecule has 3 aromatic heterocycles. The van der Waals surface area contributed by atoms with Gasteiger partial charge in [0.05, 0.1) is 52.8 Å². The van der Waals surface area contributed by atoms with Gasteiger partial charge in [-0.3, -0.25) is 33.4 Å². The van der Waals surface area contributed by atoms with Crippen LogP contribution in [-0.2, 0) is 37.1 Å². The van der Waals surface area contributed by atoms with Gasteiger partial charge in [0.15, 0.2) is 23.1 Å². The van der Waals surface area contributed by atoms with Crippen molar-refractivity contribution in [3.05, 3.63) is 77.3 Å². The molecule has 21 nitrogen and oxygen atoms in total. The number of para-hydroxylation sites is 1. The van der Waals surface area contributed by atoms with Crippen molar-refractivity contribution in [1.29, 1.82) is 0 Å². The predicted octanol–water partition coefficient (Wildman–Crippen LogP) is 4.89. The number of aryl methyl sites for hydroxylation is 1. The third-order valence-corrected chi connectivity index (χ3v) is 13.6. The van der Waals surface area contributed by atoms with Crippen molar-refractivity contribution in [2.45, 2.75) is 117 Å². The summed E-state index contributed by atoms with van der Waals surface area (Å²) in [4.78, 5) is 89.8. The summed E-state index contributed by atoms with van der Waals surface area (Å²) in [7, 11) is 2.98. The molecule has 388 valence electrons. The summed E-state index contributed by atoms with van der Waals surface area (Å²) in [5.74, 6) is -0.890. The standard InChI is InChI=1S/C51H65N13O8S/c1-30-44(73-29-56-30)32-18-16-31(17-19-32)26-54-48(69)38-24-34(65)27-64(38)50(71)45(51(2,3)4)59-41(67)15-10-8-7-9-14-40(66)53-22-23-63-28-55-46(62-63)35-12-11-13-36(43(35)72-6)57-37-25-39(58-47(68)33-20-21-33)60-61-42(37)49(70)52-5/h11-13,16-19,25,28-29,33-34,38,45,65H,7-10,14-15,20-24,26-27H2,1-6H3,(H,52,70)(H,53,66)(H,54,69)(H,59,67)(H2,57,58,60,68)/t34-,38+,45-/m1/s1. The van der Waals surface area contributed by atoms with Crippen LogP contribution in [0.3, 0.4) is 0 Å². The molecule has 0 radical (unpaired) electrons. The van der Waals surface area contributed by atoms with Crippen molar-refractivity contribution in [3.63, 3.8) is 0 Å². The number of amides is 6. The van der Waals surface area contributed by atoms with E-state index in [1.165, 1.54) is 19.1 Å². The molecular formula is C51H65N13O8S. The second-order valence-electron chi connectivity index (χ2n) is 19.4. The normalized spacial score (nSPS) is 15.8. The summed E-state index contributed by atoms with van der Waals surface area (Å²) >= 11 is 1.57. The summed E-state index contributed by atoms with van der Waals surface area (Å²) in [5.41, 5.74) is 5.39. The first-order valence-corrected chi connectivity index (χ1v) is 25.5. The highest BCUT2D eigenvalue weighted by atomic mass is 32.1. The highest BCUT2D eigenvalue weighted by Gasteiger charge is 2.44. The van der Waals surface area contributed by atoms with E-state index in [2.05, 4.69) is 57.2 Å². The van der Waals surface area contributed by atoms with Crippen LogP contribution in [0, 0.1) is 18.3 Å². The fourth-order valence-corrected chi connectivity index (χ4v) is 9.26. The van der Waals surface area contributed by atoms with Gasteiger partial charge in [0.25, 0.3) is 5.91 Å². The number of rotatable bonds is 23. The average molecular weight is 1020 g/mol. The zero-order valence-electron chi connectivity index (χ0n) is 42.1. The number of hydrogen-bond donors (Lipinski definition) is 7. The zero-order chi connectivity index (χ0) is 52.2. The van der Waals surface area contributed by atoms with Gasteiger partial charge in [0.2, 0.25) is 29.5 Å². The molecule has 3 atom stereocenters. The lowest BCUT2D eigenvalue weighted by molar-refractivity contribution is -0.144. The summed E-state index contributed by atoms with van der Waals surface area (Å²) in [6.45, 7) is 8.44. The fraction of sp³-hybridized carbons (Fsp3) is 0.471. The second kappa shape index (κ2) is 24.4. The van der Waals surface area contributed by atoms with E-state index in [0.29, 0.717) is 67.3 Å². The lowest BCUT2D eigenvalue weighted by Gasteiger charge is -2.35. The van der Waals surface area contributed by atoms with Crippen LogP contribution in [0.5, 0.6) is 5.75 Å². The van der Waals surface area contributed by atoms with Crippen LogP contribution in [0.15, 0.2) is 60.4 Å². The highest BCUT2D eigenvalue weighted by molar-refractivity contribution is 7.13. The molecule has 2 aromatic carbocycles. The summed E-state index contributed by atoms with van der Waals surface area (Å²) in [5, 5.41) is 40.6. The molecule has 2 fully saturated rings. The molecule has 1 saturated heterocycles. The molecule has 5 aromatic rings. The van der Waals surface area contributed by atoms with Crippen molar-refractivity contribution in [2.75, 3.05) is 37.9 Å². The van der Waals surface area contributed by atoms with Crippen LogP contribution in [0.2, 0.25) is 0 Å². The minimum Gasteiger partial charge on any atom is -0.494 e. The van der Waals surface area contributed by atoms with Gasteiger partial charge in [-0.25, -0.2) is 9.97 Å². The minimum absolute atomic E-state index is 0.00980. The number of unbranched alkanes of at least 4 members (excludes halogenated alkanes) is 3.